The molecule has 0 radical (unpaired) electrons. The second-order valence-corrected chi connectivity index (χ2v) is 2.71. The first kappa shape index (κ1) is 8.49. The van der Waals surface area contributed by atoms with Gasteiger partial charge in [0, 0.05) is 11.8 Å². The topological polar surface area (TPSA) is 73.6 Å². The minimum Gasteiger partial charge on any atom is -0.295 e. The summed E-state index contributed by atoms with van der Waals surface area (Å²) in [4.78, 5) is 15.1. The number of carbonyl (C=O) groups is 1. The number of pyridine rings is 1. The lowest BCUT2D eigenvalue weighted by Gasteiger charge is -1.99. The van der Waals surface area contributed by atoms with Crippen LogP contribution in [-0.4, -0.2) is 31.0 Å². The van der Waals surface area contributed by atoms with Gasteiger partial charge in [-0.05, 0) is 29.5 Å². The molecule has 0 aliphatic carbocycles. The van der Waals surface area contributed by atoms with Crippen molar-refractivity contribution in [3.8, 4) is 5.82 Å². The Morgan fingerprint density at radius 2 is 2.36 bits per heavy atom. The summed E-state index contributed by atoms with van der Waals surface area (Å²) in [5.74, 6) is 0.518. The van der Waals surface area contributed by atoms with E-state index in [2.05, 4.69) is 20.5 Å². The highest BCUT2D eigenvalue weighted by Crippen LogP contribution is 2.05. The van der Waals surface area contributed by atoms with E-state index in [1.807, 2.05) is 0 Å². The monoisotopic (exact) mass is 189 g/mol. The van der Waals surface area contributed by atoms with E-state index in [-0.39, 0.29) is 5.78 Å². The van der Waals surface area contributed by atoms with E-state index in [4.69, 9.17) is 0 Å². The second kappa shape index (κ2) is 3.33. The molecular formula is C8H7N5O. The molecule has 0 saturated heterocycles. The highest BCUT2D eigenvalue weighted by Gasteiger charge is 2.03. The number of Topliss-reactive ketones (excluding diaryl/α,β-unsaturated/α-hetero) is 1. The lowest BCUT2D eigenvalue weighted by atomic mass is 10.2. The van der Waals surface area contributed by atoms with Crippen molar-refractivity contribution in [1.29, 1.82) is 0 Å². The minimum absolute atomic E-state index is 0.0123. The van der Waals surface area contributed by atoms with Crippen LogP contribution in [0.3, 0.4) is 0 Å². The highest BCUT2D eigenvalue weighted by atomic mass is 16.1. The number of carbonyl (C=O) groups excluding carboxylic acids is 1. The maximum atomic E-state index is 11.1. The van der Waals surface area contributed by atoms with Crippen LogP contribution in [-0.2, 0) is 0 Å². The molecule has 0 aromatic carbocycles. The number of rotatable bonds is 2. The van der Waals surface area contributed by atoms with Crippen molar-refractivity contribution >= 4 is 5.78 Å². The van der Waals surface area contributed by atoms with Crippen molar-refractivity contribution in [2.75, 3.05) is 0 Å². The molecule has 0 N–H and O–H groups in total. The smallest absolute Gasteiger partial charge is 0.159 e. The van der Waals surface area contributed by atoms with Crippen LogP contribution in [0.1, 0.15) is 17.3 Å². The summed E-state index contributed by atoms with van der Waals surface area (Å²) in [6.07, 6.45) is 2.97. The third kappa shape index (κ3) is 1.49. The first-order valence-electron chi connectivity index (χ1n) is 3.98. The largest absolute Gasteiger partial charge is 0.295 e. The maximum Gasteiger partial charge on any atom is 0.159 e. The van der Waals surface area contributed by atoms with Gasteiger partial charge in [0.2, 0.25) is 0 Å². The Kier molecular flexibility index (Phi) is 2.02. The fourth-order valence-electron chi connectivity index (χ4n) is 1.03. The van der Waals surface area contributed by atoms with E-state index in [1.54, 1.807) is 18.3 Å². The second-order valence-electron chi connectivity index (χ2n) is 2.71. The molecule has 0 bridgehead atoms. The average molecular weight is 189 g/mol. The summed E-state index contributed by atoms with van der Waals surface area (Å²) in [7, 11) is 0. The van der Waals surface area contributed by atoms with Crippen LogP contribution in [0, 0.1) is 0 Å². The highest BCUT2D eigenvalue weighted by molar-refractivity contribution is 5.94. The molecule has 0 atom stereocenters. The quantitative estimate of drug-likeness (QED) is 0.633. The third-order valence-corrected chi connectivity index (χ3v) is 1.74. The van der Waals surface area contributed by atoms with Crippen molar-refractivity contribution in [1.82, 2.24) is 25.2 Å². The van der Waals surface area contributed by atoms with E-state index in [1.165, 1.54) is 17.9 Å². The summed E-state index contributed by atoms with van der Waals surface area (Å²) in [5, 5.41) is 10.6. The van der Waals surface area contributed by atoms with Crippen LogP contribution >= 0.6 is 0 Å². The van der Waals surface area contributed by atoms with Crippen molar-refractivity contribution in [2.45, 2.75) is 6.92 Å². The molecule has 2 rings (SSSR count). The predicted octanol–water partition coefficient (Wildman–Crippen LogP) is 0.260. The van der Waals surface area contributed by atoms with Gasteiger partial charge in [-0.2, -0.15) is 4.68 Å². The standard InChI is InChI=1S/C8H7N5O/c1-6(14)7-2-3-9-8(4-7)13-5-10-11-12-13/h2-5H,1H3. The number of tetrazole rings is 1. The Bertz CT molecular complexity index is 451. The van der Waals surface area contributed by atoms with Gasteiger partial charge in [0.15, 0.2) is 11.6 Å². The van der Waals surface area contributed by atoms with Crippen LogP contribution in [0.4, 0.5) is 0 Å². The van der Waals surface area contributed by atoms with Gasteiger partial charge >= 0.3 is 0 Å². The zero-order valence-corrected chi connectivity index (χ0v) is 7.45. The Hall–Kier alpha value is -2.11. The molecule has 6 nitrogen and oxygen atoms in total. The van der Waals surface area contributed by atoms with E-state index in [0.717, 1.165) is 0 Å². The normalized spacial score (nSPS) is 10.1. The van der Waals surface area contributed by atoms with Gasteiger partial charge in [-0.1, -0.05) is 0 Å². The number of nitrogens with zero attached hydrogens (tertiary/aromatic N) is 5. The van der Waals surface area contributed by atoms with Crippen LogP contribution in [0.2, 0.25) is 0 Å². The Balaban J connectivity index is 2.46. The molecule has 2 heterocycles. The average Bonchev–Trinajstić information content (AvgIpc) is 2.71. The molecule has 0 saturated carbocycles. The Morgan fingerprint density at radius 3 is 3.00 bits per heavy atom. The predicted molar refractivity (Wildman–Crippen MR) is 47.0 cm³/mol. The van der Waals surface area contributed by atoms with E-state index in [9.17, 15) is 4.79 Å². The zero-order chi connectivity index (χ0) is 9.97. The van der Waals surface area contributed by atoms with Crippen LogP contribution < -0.4 is 0 Å². The Labute approximate surface area is 79.6 Å². The van der Waals surface area contributed by atoms with Gasteiger partial charge < -0.3 is 0 Å². The molecule has 0 aliphatic rings. The number of aromatic nitrogens is 5. The van der Waals surface area contributed by atoms with Gasteiger partial charge in [-0.25, -0.2) is 4.98 Å². The van der Waals surface area contributed by atoms with Crippen LogP contribution in [0.15, 0.2) is 24.7 Å². The third-order valence-electron chi connectivity index (χ3n) is 1.74. The summed E-state index contributed by atoms with van der Waals surface area (Å²) >= 11 is 0. The van der Waals surface area contributed by atoms with Crippen LogP contribution in [0.5, 0.6) is 0 Å². The van der Waals surface area contributed by atoms with E-state index >= 15 is 0 Å². The molecule has 0 amide bonds. The van der Waals surface area contributed by atoms with Crippen molar-refractivity contribution in [3.05, 3.63) is 30.2 Å². The molecular weight excluding hydrogens is 182 g/mol. The number of hydrogen-bond donors (Lipinski definition) is 0. The minimum atomic E-state index is -0.0123. The van der Waals surface area contributed by atoms with Crippen molar-refractivity contribution in [2.24, 2.45) is 0 Å². The van der Waals surface area contributed by atoms with Crippen LogP contribution in [0.25, 0.3) is 5.82 Å². The molecule has 0 aliphatic heterocycles. The van der Waals surface area contributed by atoms with Crippen molar-refractivity contribution < 1.29 is 4.79 Å². The summed E-state index contributed by atoms with van der Waals surface area (Å²) < 4.78 is 1.40. The zero-order valence-electron chi connectivity index (χ0n) is 7.45. The van der Waals surface area contributed by atoms with E-state index in [0.29, 0.717) is 11.4 Å². The lowest BCUT2D eigenvalue weighted by Crippen LogP contribution is -2.01. The fraction of sp³-hybridized carbons (Fsp3) is 0.125. The molecule has 70 valence electrons. The Morgan fingerprint density at radius 1 is 1.50 bits per heavy atom. The van der Waals surface area contributed by atoms with E-state index < -0.39 is 0 Å². The molecule has 2 aromatic rings. The molecule has 0 fully saturated rings. The molecule has 0 spiro atoms. The maximum absolute atomic E-state index is 11.1. The van der Waals surface area contributed by atoms with Gasteiger partial charge in [0.25, 0.3) is 0 Å². The summed E-state index contributed by atoms with van der Waals surface area (Å²) in [6, 6.07) is 3.29. The summed E-state index contributed by atoms with van der Waals surface area (Å²) in [5.41, 5.74) is 0.588. The molecule has 2 aromatic heterocycles. The van der Waals surface area contributed by atoms with Gasteiger partial charge in [-0.15, -0.1) is 5.10 Å². The van der Waals surface area contributed by atoms with Gasteiger partial charge in [-0.3, -0.25) is 4.79 Å². The molecule has 6 heteroatoms. The van der Waals surface area contributed by atoms with Gasteiger partial charge in [0.05, 0.1) is 0 Å². The molecule has 0 unspecified atom stereocenters. The first-order valence-corrected chi connectivity index (χ1v) is 3.98. The van der Waals surface area contributed by atoms with Crippen molar-refractivity contribution in [3.63, 3.8) is 0 Å². The first-order chi connectivity index (χ1) is 6.77. The lowest BCUT2D eigenvalue weighted by molar-refractivity contribution is 0.101. The SMILES string of the molecule is CC(=O)c1ccnc(-n2cnnn2)c1. The summed E-state index contributed by atoms with van der Waals surface area (Å²) in [6.45, 7) is 1.50. The number of ketones is 1. The molecule has 14 heavy (non-hydrogen) atoms. The fourth-order valence-corrected chi connectivity index (χ4v) is 1.03. The number of hydrogen-bond acceptors (Lipinski definition) is 5. The van der Waals surface area contributed by atoms with Gasteiger partial charge in [0.1, 0.15) is 6.33 Å².